The van der Waals surface area contributed by atoms with Gasteiger partial charge in [0.25, 0.3) is 5.91 Å². The first-order chi connectivity index (χ1) is 14.8. The van der Waals surface area contributed by atoms with Gasteiger partial charge in [0.1, 0.15) is 6.04 Å². The molecular weight excluding hydrogens is 427 g/mol. The van der Waals surface area contributed by atoms with Gasteiger partial charge in [-0.05, 0) is 43.2 Å². The Morgan fingerprint density at radius 1 is 1.16 bits per heavy atom. The van der Waals surface area contributed by atoms with Crippen LogP contribution in [0.3, 0.4) is 0 Å². The number of nitrogens with zero attached hydrogens (tertiary/aromatic N) is 1. The van der Waals surface area contributed by atoms with Crippen LogP contribution in [-0.4, -0.2) is 48.1 Å². The summed E-state index contributed by atoms with van der Waals surface area (Å²) in [6, 6.07) is 6.87. The van der Waals surface area contributed by atoms with E-state index in [4.69, 9.17) is 16.7 Å². The van der Waals surface area contributed by atoms with Crippen LogP contribution in [0.2, 0.25) is 0 Å². The third kappa shape index (κ3) is 13.3. The van der Waals surface area contributed by atoms with Crippen molar-refractivity contribution in [3.05, 3.63) is 35.4 Å². The zero-order chi connectivity index (χ0) is 23.1. The molecule has 12 heteroatoms. The number of nitrogens with two attached hydrogens (primary N) is 2. The fourth-order valence-corrected chi connectivity index (χ4v) is 2.78. The number of carboxylic acids is 1. The number of carboxylic acid groups (broad SMARTS) is 1. The van der Waals surface area contributed by atoms with Crippen LogP contribution in [0.4, 0.5) is 0 Å². The third-order valence-corrected chi connectivity index (χ3v) is 4.44. The molecule has 1 aromatic carbocycles. The van der Waals surface area contributed by atoms with E-state index < -0.39 is 30.2 Å². The average molecular weight is 458 g/mol. The van der Waals surface area contributed by atoms with Crippen molar-refractivity contribution in [1.29, 1.82) is 0 Å². The van der Waals surface area contributed by atoms with Gasteiger partial charge in [0.2, 0.25) is 5.91 Å². The van der Waals surface area contributed by atoms with Crippen molar-refractivity contribution in [2.45, 2.75) is 51.1 Å². The number of rotatable bonds is 14. The maximum absolute atomic E-state index is 11.9. The minimum Gasteiger partial charge on any atom is -0.550 e. The van der Waals surface area contributed by atoms with E-state index in [0.717, 1.165) is 17.5 Å². The van der Waals surface area contributed by atoms with Gasteiger partial charge in [-0.1, -0.05) is 24.3 Å². The second-order valence-electron chi connectivity index (χ2n) is 6.93. The molecular formula is C20H31N6NaO5. The van der Waals surface area contributed by atoms with Crippen LogP contribution in [0.25, 0.3) is 0 Å². The Kier molecular flexibility index (Phi) is 16.2. The number of hydrogen-bond acceptors (Lipinski definition) is 7. The van der Waals surface area contributed by atoms with Gasteiger partial charge in [0.15, 0.2) is 5.96 Å². The van der Waals surface area contributed by atoms with Crippen molar-refractivity contribution >= 4 is 23.7 Å². The van der Waals surface area contributed by atoms with Crippen molar-refractivity contribution in [3.8, 4) is 0 Å². The van der Waals surface area contributed by atoms with Crippen molar-refractivity contribution in [2.24, 2.45) is 16.5 Å². The predicted octanol–water partition coefficient (Wildman–Crippen LogP) is -4.71. The molecule has 32 heavy (non-hydrogen) atoms. The smallest absolute Gasteiger partial charge is 0.550 e. The summed E-state index contributed by atoms with van der Waals surface area (Å²) in [4.78, 5) is 38.1. The molecule has 1 unspecified atom stereocenters. The van der Waals surface area contributed by atoms with E-state index in [2.05, 4.69) is 15.6 Å². The van der Waals surface area contributed by atoms with Crippen LogP contribution < -0.4 is 62.2 Å². The van der Waals surface area contributed by atoms with Gasteiger partial charge in [0, 0.05) is 32.0 Å². The van der Waals surface area contributed by atoms with Gasteiger partial charge in [-0.3, -0.25) is 19.8 Å². The topological polar surface area (TPSA) is 195 Å². The van der Waals surface area contributed by atoms with Gasteiger partial charge in [-0.15, -0.1) is 0 Å². The number of carbonyl (C=O) groups is 3. The summed E-state index contributed by atoms with van der Waals surface area (Å²) in [5.74, 6) is -2.34. The molecule has 11 nitrogen and oxygen atoms in total. The number of amides is 2. The Morgan fingerprint density at radius 3 is 2.53 bits per heavy atom. The van der Waals surface area contributed by atoms with Crippen LogP contribution in [0.5, 0.6) is 0 Å². The van der Waals surface area contributed by atoms with Crippen molar-refractivity contribution in [1.82, 2.24) is 16.1 Å². The minimum absolute atomic E-state index is 0. The van der Waals surface area contributed by atoms with Crippen molar-refractivity contribution in [2.75, 3.05) is 13.1 Å². The first-order valence-corrected chi connectivity index (χ1v) is 10.1. The minimum atomic E-state index is -1.35. The standard InChI is InChI=1S/C20H32N6O5.Na/c21-13-15-5-3-4-14(12-15)9-11-24-20(22)23-10-2-1-6-17(27)25-16(19(30)26-31)7-8-18(28)29;/h3-5,12,16,31H,1-2,6-11,13,21H2,(H,25,27)(H,26,30)(H,28,29)(H3,22,23,24);/q;+1/p-1. The largest absolute Gasteiger partial charge is 1.00 e. The number of carbonyl (C=O) groups excluding carboxylic acids is 3. The molecule has 0 aliphatic heterocycles. The predicted molar refractivity (Wildman–Crippen MR) is 112 cm³/mol. The molecule has 0 saturated heterocycles. The normalized spacial score (nSPS) is 11.8. The number of hydrogen-bond donors (Lipinski definition) is 6. The fraction of sp³-hybridized carbons (Fsp3) is 0.500. The molecule has 1 atom stereocenters. The zero-order valence-corrected chi connectivity index (χ0v) is 20.4. The number of unbranched alkanes of at least 4 members (excludes halogenated alkanes) is 1. The molecule has 2 amide bonds. The van der Waals surface area contributed by atoms with Crippen LogP contribution in [0, 0.1) is 0 Å². The van der Waals surface area contributed by atoms with E-state index in [1.165, 1.54) is 5.48 Å². The van der Waals surface area contributed by atoms with Gasteiger partial charge in [-0.25, -0.2) is 5.48 Å². The number of aliphatic carboxylic acids is 1. The fourth-order valence-electron chi connectivity index (χ4n) is 2.78. The Morgan fingerprint density at radius 2 is 1.88 bits per heavy atom. The van der Waals surface area contributed by atoms with E-state index in [9.17, 15) is 19.5 Å². The van der Waals surface area contributed by atoms with Crippen LogP contribution >= 0.6 is 0 Å². The monoisotopic (exact) mass is 458 g/mol. The number of nitrogens with one attached hydrogen (secondary N) is 3. The number of guanidine groups is 1. The summed E-state index contributed by atoms with van der Waals surface area (Å²) in [6.07, 6.45) is 1.42. The van der Waals surface area contributed by atoms with E-state index >= 15 is 0 Å². The third-order valence-electron chi connectivity index (χ3n) is 4.44. The molecule has 0 heterocycles. The molecule has 0 saturated carbocycles. The summed E-state index contributed by atoms with van der Waals surface area (Å²) in [6.45, 7) is 1.56. The maximum Gasteiger partial charge on any atom is 1.00 e. The molecule has 0 bridgehead atoms. The number of aliphatic imine (C=N–C) groups is 1. The maximum atomic E-state index is 11.9. The van der Waals surface area contributed by atoms with Gasteiger partial charge in [-0.2, -0.15) is 0 Å². The Hall–Kier alpha value is -2.18. The zero-order valence-electron chi connectivity index (χ0n) is 18.4. The molecule has 8 N–H and O–H groups in total. The second-order valence-corrected chi connectivity index (χ2v) is 6.93. The van der Waals surface area contributed by atoms with Gasteiger partial charge in [0.05, 0.1) is 0 Å². The van der Waals surface area contributed by atoms with Crippen LogP contribution in [0.15, 0.2) is 29.3 Å². The van der Waals surface area contributed by atoms with E-state index in [1.807, 2.05) is 24.3 Å². The van der Waals surface area contributed by atoms with E-state index in [1.54, 1.807) is 0 Å². The summed E-state index contributed by atoms with van der Waals surface area (Å²) in [5.41, 5.74) is 15.1. The van der Waals surface area contributed by atoms with Gasteiger partial charge >= 0.3 is 29.6 Å². The van der Waals surface area contributed by atoms with Crippen molar-refractivity contribution in [3.63, 3.8) is 0 Å². The van der Waals surface area contributed by atoms with E-state index in [0.29, 0.717) is 38.4 Å². The Bertz CT molecular complexity index is 762. The molecule has 1 rings (SSSR count). The Balaban J connectivity index is 0.00000961. The Labute approximate surface area is 209 Å². The first kappa shape index (κ1) is 29.8. The SMILES string of the molecule is NCc1cccc(CCNC(N)=NCCCCC(=O)NC(CCC(=O)[O-])C(=O)NO)c1.[Na+]. The summed E-state index contributed by atoms with van der Waals surface area (Å²) in [5, 5.41) is 24.6. The summed E-state index contributed by atoms with van der Waals surface area (Å²) < 4.78 is 0. The summed E-state index contributed by atoms with van der Waals surface area (Å²) in [7, 11) is 0. The number of benzene rings is 1. The molecule has 0 fully saturated rings. The van der Waals surface area contributed by atoms with Gasteiger partial charge < -0.3 is 32.0 Å². The van der Waals surface area contributed by atoms with E-state index in [-0.39, 0.29) is 42.4 Å². The molecule has 0 radical (unpaired) electrons. The number of hydroxylamine groups is 1. The quantitative estimate of drug-likeness (QED) is 0.0399. The average Bonchev–Trinajstić information content (AvgIpc) is 2.75. The molecule has 0 aliphatic carbocycles. The molecule has 0 aliphatic rings. The van der Waals surface area contributed by atoms with Crippen LogP contribution in [-0.2, 0) is 27.3 Å². The molecule has 172 valence electrons. The molecule has 0 aromatic heterocycles. The summed E-state index contributed by atoms with van der Waals surface area (Å²) >= 11 is 0. The molecule has 1 aromatic rings. The van der Waals surface area contributed by atoms with Crippen LogP contribution in [0.1, 0.15) is 43.2 Å². The molecule has 0 spiro atoms. The second kappa shape index (κ2) is 17.4. The first-order valence-electron chi connectivity index (χ1n) is 10.1. The van der Waals surface area contributed by atoms with Crippen molar-refractivity contribution < 1.29 is 54.3 Å².